The minimum atomic E-state index is -3.58. The van der Waals surface area contributed by atoms with E-state index in [0.29, 0.717) is 11.4 Å². The van der Waals surface area contributed by atoms with E-state index in [0.717, 1.165) is 12.0 Å². The third kappa shape index (κ3) is 4.77. The van der Waals surface area contributed by atoms with Gasteiger partial charge in [-0.3, -0.25) is 14.5 Å². The molecule has 0 aromatic heterocycles. The van der Waals surface area contributed by atoms with Crippen LogP contribution in [0.3, 0.4) is 0 Å². The zero-order chi connectivity index (χ0) is 22.0. The van der Waals surface area contributed by atoms with Crippen LogP contribution in [0.2, 0.25) is 0 Å². The van der Waals surface area contributed by atoms with Gasteiger partial charge in [-0.25, -0.2) is 8.42 Å². The predicted molar refractivity (Wildman–Crippen MR) is 123 cm³/mol. The molecule has 2 N–H and O–H groups in total. The van der Waals surface area contributed by atoms with Gasteiger partial charge in [0.1, 0.15) is 5.84 Å². The average molecular weight is 436 g/mol. The highest BCUT2D eigenvalue weighted by molar-refractivity contribution is 7.90. The van der Waals surface area contributed by atoms with Crippen LogP contribution in [0.25, 0.3) is 10.8 Å². The van der Waals surface area contributed by atoms with Crippen LogP contribution in [-0.2, 0) is 21.2 Å². The molecule has 6 nitrogen and oxygen atoms in total. The normalized spacial score (nSPS) is 17.7. The number of carbonyl (C=O) groups excluding carboxylic acids is 1. The van der Waals surface area contributed by atoms with E-state index in [1.165, 1.54) is 10.8 Å². The van der Waals surface area contributed by atoms with Crippen LogP contribution in [0.15, 0.2) is 76.6 Å². The van der Waals surface area contributed by atoms with Gasteiger partial charge in [-0.15, -0.1) is 0 Å². The molecule has 0 fully saturated rings. The highest BCUT2D eigenvalue weighted by Crippen LogP contribution is 2.23. The Morgan fingerprint density at radius 1 is 1.00 bits per heavy atom. The summed E-state index contributed by atoms with van der Waals surface area (Å²) in [6.45, 7) is 3.78. The number of amides is 1. The molecule has 0 saturated carbocycles. The first-order chi connectivity index (χ1) is 14.8. The van der Waals surface area contributed by atoms with Crippen LogP contribution in [0.4, 0.5) is 0 Å². The van der Waals surface area contributed by atoms with E-state index in [1.807, 2.05) is 19.1 Å². The first-order valence-corrected chi connectivity index (χ1v) is 11.8. The van der Waals surface area contributed by atoms with Gasteiger partial charge in [-0.1, -0.05) is 54.6 Å². The van der Waals surface area contributed by atoms with Crippen LogP contribution in [0.5, 0.6) is 0 Å². The summed E-state index contributed by atoms with van der Waals surface area (Å²) >= 11 is 0. The van der Waals surface area contributed by atoms with Crippen LogP contribution < -0.4 is 10.0 Å². The van der Waals surface area contributed by atoms with E-state index in [2.05, 4.69) is 45.4 Å². The van der Waals surface area contributed by atoms with Crippen molar-refractivity contribution in [1.29, 1.82) is 0 Å². The van der Waals surface area contributed by atoms with Gasteiger partial charge in [0.2, 0.25) is 5.91 Å². The number of carbonyl (C=O) groups is 1. The number of hydrogen-bond acceptors (Lipinski definition) is 4. The fraction of sp³-hybridized carbons (Fsp3) is 0.250. The molecule has 160 valence electrons. The summed E-state index contributed by atoms with van der Waals surface area (Å²) in [5.74, 6) is 0.180. The number of hydrogen-bond donors (Lipinski definition) is 2. The SMILES string of the molecule is CC(CC(=O)NC(C)Cc1ccc2ccccc2c1)N=C1NS(=O)(=O)c2ccccc21. The first kappa shape index (κ1) is 21.1. The van der Waals surface area contributed by atoms with Crippen LogP contribution in [0.1, 0.15) is 31.4 Å². The molecule has 1 aliphatic heterocycles. The van der Waals surface area contributed by atoms with Crippen LogP contribution in [0, 0.1) is 0 Å². The Bertz CT molecular complexity index is 1270. The van der Waals surface area contributed by atoms with Gasteiger partial charge in [0.15, 0.2) is 0 Å². The summed E-state index contributed by atoms with van der Waals surface area (Å²) < 4.78 is 26.9. The molecule has 31 heavy (non-hydrogen) atoms. The van der Waals surface area contributed by atoms with Crippen molar-refractivity contribution < 1.29 is 13.2 Å². The summed E-state index contributed by atoms with van der Waals surface area (Å²) in [6, 6.07) is 20.8. The minimum absolute atomic E-state index is 0.0285. The zero-order valence-electron chi connectivity index (χ0n) is 17.5. The van der Waals surface area contributed by atoms with Gasteiger partial charge in [-0.05, 0) is 48.7 Å². The van der Waals surface area contributed by atoms with Gasteiger partial charge in [0.25, 0.3) is 10.0 Å². The van der Waals surface area contributed by atoms with Crippen molar-refractivity contribution in [3.63, 3.8) is 0 Å². The molecule has 0 bridgehead atoms. The quantitative estimate of drug-likeness (QED) is 0.622. The standard InChI is InChI=1S/C24H25N3O3S/c1-16(13-18-11-12-19-7-3-4-8-20(19)15-18)25-23(28)14-17(2)26-24-21-9-5-6-10-22(21)31(29,30)27-24/h3-12,15-17H,13-14H2,1-2H3,(H,25,28)(H,26,27). The number of amidine groups is 1. The molecule has 0 saturated heterocycles. The average Bonchev–Trinajstić information content (AvgIpc) is 2.97. The number of fused-ring (bicyclic) bond motifs is 2. The molecule has 1 heterocycles. The molecular weight excluding hydrogens is 410 g/mol. The molecule has 1 amide bonds. The fourth-order valence-electron chi connectivity index (χ4n) is 3.87. The van der Waals surface area contributed by atoms with E-state index in [-0.39, 0.29) is 29.3 Å². The first-order valence-electron chi connectivity index (χ1n) is 10.3. The number of rotatable bonds is 6. The second-order valence-electron chi connectivity index (χ2n) is 7.99. The number of nitrogens with zero attached hydrogens (tertiary/aromatic N) is 1. The third-order valence-electron chi connectivity index (χ3n) is 5.26. The predicted octanol–water partition coefficient (Wildman–Crippen LogP) is 3.40. The second kappa shape index (κ2) is 8.51. The Morgan fingerprint density at radius 2 is 1.71 bits per heavy atom. The van der Waals surface area contributed by atoms with Crippen molar-refractivity contribution in [2.45, 2.75) is 43.7 Å². The molecule has 3 aromatic rings. The highest BCUT2D eigenvalue weighted by atomic mass is 32.2. The maximum absolute atomic E-state index is 12.5. The van der Waals surface area contributed by atoms with Crippen molar-refractivity contribution in [3.05, 3.63) is 77.9 Å². The molecule has 1 aliphatic rings. The lowest BCUT2D eigenvalue weighted by atomic mass is 10.0. The van der Waals surface area contributed by atoms with Crippen molar-refractivity contribution in [1.82, 2.24) is 10.0 Å². The van der Waals surface area contributed by atoms with E-state index < -0.39 is 10.0 Å². The van der Waals surface area contributed by atoms with Gasteiger partial charge in [0, 0.05) is 18.0 Å². The van der Waals surface area contributed by atoms with Crippen LogP contribution >= 0.6 is 0 Å². The summed E-state index contributed by atoms with van der Waals surface area (Å²) in [7, 11) is -3.58. The summed E-state index contributed by atoms with van der Waals surface area (Å²) in [5.41, 5.74) is 1.70. The molecule has 0 radical (unpaired) electrons. The van der Waals surface area contributed by atoms with Gasteiger partial charge in [0.05, 0.1) is 10.9 Å². The lowest BCUT2D eigenvalue weighted by molar-refractivity contribution is -0.121. The molecular formula is C24H25N3O3S. The number of benzene rings is 3. The molecule has 7 heteroatoms. The maximum atomic E-state index is 12.5. The highest BCUT2D eigenvalue weighted by Gasteiger charge is 2.30. The molecule has 0 spiro atoms. The second-order valence-corrected chi connectivity index (χ2v) is 9.64. The van der Waals surface area contributed by atoms with Crippen molar-refractivity contribution in [2.75, 3.05) is 0 Å². The minimum Gasteiger partial charge on any atom is -0.353 e. The Balaban J connectivity index is 1.36. The van der Waals surface area contributed by atoms with Crippen LogP contribution in [-0.4, -0.2) is 32.2 Å². The monoisotopic (exact) mass is 435 g/mol. The van der Waals surface area contributed by atoms with E-state index in [4.69, 9.17) is 0 Å². The lowest BCUT2D eigenvalue weighted by Crippen LogP contribution is -2.35. The lowest BCUT2D eigenvalue weighted by Gasteiger charge is -2.16. The molecule has 4 rings (SSSR count). The molecule has 3 aromatic carbocycles. The van der Waals surface area contributed by atoms with Gasteiger partial charge < -0.3 is 5.32 Å². The maximum Gasteiger partial charge on any atom is 0.263 e. The number of aliphatic imine (C=N–C) groups is 1. The molecule has 2 unspecified atom stereocenters. The Labute approximate surface area is 182 Å². The Morgan fingerprint density at radius 3 is 2.52 bits per heavy atom. The van der Waals surface area contributed by atoms with Gasteiger partial charge >= 0.3 is 0 Å². The van der Waals surface area contributed by atoms with E-state index >= 15 is 0 Å². The molecule has 0 aliphatic carbocycles. The topological polar surface area (TPSA) is 87.6 Å². The van der Waals surface area contributed by atoms with Crippen molar-refractivity contribution in [3.8, 4) is 0 Å². The summed E-state index contributed by atoms with van der Waals surface area (Å²) in [6.07, 6.45) is 0.905. The number of sulfonamides is 1. The number of nitrogens with one attached hydrogen (secondary N) is 2. The fourth-order valence-corrected chi connectivity index (χ4v) is 5.11. The van der Waals surface area contributed by atoms with Crippen molar-refractivity contribution in [2.24, 2.45) is 4.99 Å². The van der Waals surface area contributed by atoms with E-state index in [1.54, 1.807) is 31.2 Å². The molecule has 2 atom stereocenters. The van der Waals surface area contributed by atoms with E-state index in [9.17, 15) is 13.2 Å². The summed E-state index contributed by atoms with van der Waals surface area (Å²) in [5, 5.41) is 5.40. The summed E-state index contributed by atoms with van der Waals surface area (Å²) in [4.78, 5) is 17.2. The Kier molecular flexibility index (Phi) is 5.78. The smallest absolute Gasteiger partial charge is 0.263 e. The Hall–Kier alpha value is -3.19. The zero-order valence-corrected chi connectivity index (χ0v) is 18.3. The largest absolute Gasteiger partial charge is 0.353 e. The van der Waals surface area contributed by atoms with Gasteiger partial charge in [-0.2, -0.15) is 0 Å². The van der Waals surface area contributed by atoms with Crippen molar-refractivity contribution >= 4 is 32.5 Å². The third-order valence-corrected chi connectivity index (χ3v) is 6.65.